The van der Waals surface area contributed by atoms with Crippen LogP contribution in [-0.2, 0) is 29.0 Å². The quantitative estimate of drug-likeness (QED) is 0.574. The zero-order chi connectivity index (χ0) is 23.1. The summed E-state index contributed by atoms with van der Waals surface area (Å²) in [4.78, 5) is 36.4. The molecule has 1 unspecified atom stereocenters. The van der Waals surface area contributed by atoms with Crippen molar-refractivity contribution < 1.29 is 40.7 Å². The standard InChI is InChI=1S/C18H23F3N2O6S/c1-4-10-23(12(3)24)16(17(26)22-11-15(25)29-5-2)13-6-8-14(9-7-13)30(27,28)18(19,20)21/h6-9,16H,4-5,10-11H2,1-3H3,(H,22,26). The van der Waals surface area contributed by atoms with Gasteiger partial charge in [0.25, 0.3) is 9.84 Å². The number of rotatable bonds is 9. The average Bonchev–Trinajstić information content (AvgIpc) is 2.65. The van der Waals surface area contributed by atoms with Crippen LogP contribution in [0.1, 0.15) is 38.8 Å². The fraction of sp³-hybridized carbons (Fsp3) is 0.500. The molecule has 168 valence electrons. The van der Waals surface area contributed by atoms with E-state index >= 15 is 0 Å². The first-order valence-electron chi connectivity index (χ1n) is 8.98. The smallest absolute Gasteiger partial charge is 0.465 e. The molecule has 0 aromatic heterocycles. The first-order chi connectivity index (χ1) is 13.9. The van der Waals surface area contributed by atoms with E-state index in [0.717, 1.165) is 12.1 Å². The van der Waals surface area contributed by atoms with E-state index in [1.54, 1.807) is 13.8 Å². The molecule has 0 saturated heterocycles. The van der Waals surface area contributed by atoms with Crippen molar-refractivity contribution in [2.75, 3.05) is 19.7 Å². The molecule has 0 spiro atoms. The first kappa shape index (κ1) is 25.4. The summed E-state index contributed by atoms with van der Waals surface area (Å²) in [6.45, 7) is 4.32. The van der Waals surface area contributed by atoms with Gasteiger partial charge in [0.05, 0.1) is 11.5 Å². The third-order valence-corrected chi connectivity index (χ3v) is 5.45. The number of amides is 2. The monoisotopic (exact) mass is 452 g/mol. The number of nitrogens with one attached hydrogen (secondary N) is 1. The van der Waals surface area contributed by atoms with E-state index in [9.17, 15) is 36.0 Å². The van der Waals surface area contributed by atoms with Crippen molar-refractivity contribution in [2.45, 2.75) is 43.6 Å². The van der Waals surface area contributed by atoms with Gasteiger partial charge in [-0.05, 0) is 31.0 Å². The SMILES string of the molecule is CCCN(C(C)=O)C(C(=O)NCC(=O)OCC)c1ccc(S(=O)(=O)C(F)(F)F)cc1. The lowest BCUT2D eigenvalue weighted by atomic mass is 10.0. The van der Waals surface area contributed by atoms with E-state index in [1.165, 1.54) is 11.8 Å². The number of sulfone groups is 1. The summed E-state index contributed by atoms with van der Waals surface area (Å²) < 4.78 is 66.0. The summed E-state index contributed by atoms with van der Waals surface area (Å²) in [5.41, 5.74) is -5.39. The molecule has 0 aliphatic rings. The van der Waals surface area contributed by atoms with E-state index in [1.807, 2.05) is 0 Å². The van der Waals surface area contributed by atoms with Crippen LogP contribution < -0.4 is 5.32 Å². The molecule has 0 radical (unpaired) electrons. The van der Waals surface area contributed by atoms with Crippen molar-refractivity contribution in [3.8, 4) is 0 Å². The number of esters is 1. The Bertz CT molecular complexity index is 869. The number of nitrogens with zero attached hydrogens (tertiary/aromatic N) is 1. The Morgan fingerprint density at radius 1 is 1.13 bits per heavy atom. The molecule has 1 atom stereocenters. The molecule has 0 bridgehead atoms. The number of carbonyl (C=O) groups is 3. The Labute approximate surface area is 172 Å². The van der Waals surface area contributed by atoms with Gasteiger partial charge < -0.3 is 15.0 Å². The Balaban J connectivity index is 3.29. The van der Waals surface area contributed by atoms with Gasteiger partial charge in [-0.15, -0.1) is 0 Å². The molecule has 1 aromatic carbocycles. The van der Waals surface area contributed by atoms with E-state index in [0.29, 0.717) is 18.6 Å². The molecule has 1 aromatic rings. The minimum Gasteiger partial charge on any atom is -0.465 e. The van der Waals surface area contributed by atoms with Crippen LogP contribution >= 0.6 is 0 Å². The topological polar surface area (TPSA) is 110 Å². The molecular weight excluding hydrogens is 429 g/mol. The van der Waals surface area contributed by atoms with Gasteiger partial charge in [-0.3, -0.25) is 14.4 Å². The lowest BCUT2D eigenvalue weighted by molar-refractivity contribution is -0.145. The highest BCUT2D eigenvalue weighted by Gasteiger charge is 2.46. The van der Waals surface area contributed by atoms with Crippen LogP contribution in [0.15, 0.2) is 29.2 Å². The van der Waals surface area contributed by atoms with Crippen LogP contribution in [-0.4, -0.2) is 56.3 Å². The van der Waals surface area contributed by atoms with Gasteiger partial charge in [0.15, 0.2) is 0 Å². The maximum absolute atomic E-state index is 12.7. The zero-order valence-corrected chi connectivity index (χ0v) is 17.5. The fourth-order valence-corrected chi connectivity index (χ4v) is 3.37. The van der Waals surface area contributed by atoms with Crippen molar-refractivity contribution in [2.24, 2.45) is 0 Å². The predicted molar refractivity (Wildman–Crippen MR) is 99.7 cm³/mol. The number of alkyl halides is 3. The molecule has 0 fully saturated rings. The number of hydrogen-bond acceptors (Lipinski definition) is 6. The third kappa shape index (κ3) is 6.18. The van der Waals surface area contributed by atoms with Gasteiger partial charge in [-0.2, -0.15) is 13.2 Å². The molecule has 2 amide bonds. The summed E-state index contributed by atoms with van der Waals surface area (Å²) >= 11 is 0. The summed E-state index contributed by atoms with van der Waals surface area (Å²) in [6, 6.07) is 2.21. The molecule has 0 saturated carbocycles. The second-order valence-electron chi connectivity index (χ2n) is 6.16. The maximum Gasteiger partial charge on any atom is 0.501 e. The second kappa shape index (κ2) is 10.4. The highest BCUT2D eigenvalue weighted by Crippen LogP contribution is 2.31. The molecule has 12 heteroatoms. The minimum absolute atomic E-state index is 0.0844. The van der Waals surface area contributed by atoms with Crippen molar-refractivity contribution >= 4 is 27.6 Å². The fourth-order valence-electron chi connectivity index (χ4n) is 2.61. The van der Waals surface area contributed by atoms with E-state index in [4.69, 9.17) is 4.74 Å². The first-order valence-corrected chi connectivity index (χ1v) is 10.5. The van der Waals surface area contributed by atoms with Crippen molar-refractivity contribution in [3.05, 3.63) is 29.8 Å². The molecule has 1 rings (SSSR count). The second-order valence-corrected chi connectivity index (χ2v) is 8.10. The normalized spacial score (nSPS) is 12.7. The van der Waals surface area contributed by atoms with Gasteiger partial charge in [0, 0.05) is 13.5 Å². The lowest BCUT2D eigenvalue weighted by Gasteiger charge is -2.30. The highest BCUT2D eigenvalue weighted by molar-refractivity contribution is 7.92. The van der Waals surface area contributed by atoms with Crippen molar-refractivity contribution in [1.29, 1.82) is 0 Å². The molecule has 0 aliphatic carbocycles. The molecule has 30 heavy (non-hydrogen) atoms. The van der Waals surface area contributed by atoms with Crippen LogP contribution in [0.5, 0.6) is 0 Å². The van der Waals surface area contributed by atoms with E-state index < -0.39 is 50.6 Å². The van der Waals surface area contributed by atoms with Crippen LogP contribution in [0, 0.1) is 0 Å². The van der Waals surface area contributed by atoms with Crippen LogP contribution in [0.3, 0.4) is 0 Å². The number of ether oxygens (including phenoxy) is 1. The summed E-state index contributed by atoms with van der Waals surface area (Å²) in [5.74, 6) is -1.96. The van der Waals surface area contributed by atoms with Gasteiger partial charge in [-0.1, -0.05) is 19.1 Å². The molecule has 0 heterocycles. The van der Waals surface area contributed by atoms with E-state index in [2.05, 4.69) is 5.32 Å². The van der Waals surface area contributed by atoms with Gasteiger partial charge in [0.1, 0.15) is 12.6 Å². The Morgan fingerprint density at radius 2 is 1.70 bits per heavy atom. The van der Waals surface area contributed by atoms with Gasteiger partial charge in [-0.25, -0.2) is 8.42 Å². The lowest BCUT2D eigenvalue weighted by Crippen LogP contribution is -2.44. The van der Waals surface area contributed by atoms with Gasteiger partial charge in [0.2, 0.25) is 11.8 Å². The summed E-state index contributed by atoms with van der Waals surface area (Å²) in [5, 5.41) is 2.32. The largest absolute Gasteiger partial charge is 0.501 e. The van der Waals surface area contributed by atoms with Crippen LogP contribution in [0.4, 0.5) is 13.2 Å². The number of hydrogen-bond donors (Lipinski definition) is 1. The average molecular weight is 452 g/mol. The summed E-state index contributed by atoms with van der Waals surface area (Å²) in [7, 11) is -5.56. The number of halogens is 3. The Morgan fingerprint density at radius 3 is 2.13 bits per heavy atom. The molecule has 0 aliphatic heterocycles. The maximum atomic E-state index is 12.7. The molecule has 1 N–H and O–H groups in total. The Hall–Kier alpha value is -2.63. The molecular formula is C18H23F3N2O6S. The molecule has 8 nitrogen and oxygen atoms in total. The number of benzene rings is 1. The summed E-state index contributed by atoms with van der Waals surface area (Å²) in [6.07, 6.45) is 0.474. The van der Waals surface area contributed by atoms with Gasteiger partial charge >= 0.3 is 11.5 Å². The zero-order valence-electron chi connectivity index (χ0n) is 16.7. The predicted octanol–water partition coefficient (Wildman–Crippen LogP) is 1.96. The van der Waals surface area contributed by atoms with Crippen LogP contribution in [0.2, 0.25) is 0 Å². The van der Waals surface area contributed by atoms with Crippen molar-refractivity contribution in [3.63, 3.8) is 0 Å². The third-order valence-electron chi connectivity index (χ3n) is 3.95. The van der Waals surface area contributed by atoms with E-state index in [-0.39, 0.29) is 18.7 Å². The number of carbonyl (C=O) groups excluding carboxylic acids is 3. The minimum atomic E-state index is -5.56. The van der Waals surface area contributed by atoms with Crippen molar-refractivity contribution in [1.82, 2.24) is 10.2 Å². The van der Waals surface area contributed by atoms with Crippen LogP contribution in [0.25, 0.3) is 0 Å². The highest BCUT2D eigenvalue weighted by atomic mass is 32.2. The Kier molecular flexibility index (Phi) is 8.82.